The van der Waals surface area contributed by atoms with Crippen molar-refractivity contribution in [2.24, 2.45) is 0 Å². The Morgan fingerprint density at radius 2 is 1.78 bits per heavy atom. The van der Waals surface area contributed by atoms with Crippen LogP contribution >= 0.6 is 0 Å². The summed E-state index contributed by atoms with van der Waals surface area (Å²) in [5, 5.41) is 5.26. The quantitative estimate of drug-likeness (QED) is 0.806. The van der Waals surface area contributed by atoms with E-state index in [2.05, 4.69) is 10.6 Å². The Hall–Kier alpha value is -2.63. The molecule has 0 spiro atoms. The monoisotopic (exact) mass is 315 g/mol. The second kappa shape index (κ2) is 8.12. The molecule has 1 aliphatic rings. The molecular formula is C17H21N3O3. The van der Waals surface area contributed by atoms with Crippen LogP contribution in [0.4, 0.5) is 5.69 Å². The van der Waals surface area contributed by atoms with Gasteiger partial charge in [0.15, 0.2) is 0 Å². The van der Waals surface area contributed by atoms with E-state index >= 15 is 0 Å². The number of carbonyl (C=O) groups is 3. The van der Waals surface area contributed by atoms with Crippen molar-refractivity contribution in [2.45, 2.75) is 19.8 Å². The lowest BCUT2D eigenvalue weighted by Crippen LogP contribution is -2.38. The van der Waals surface area contributed by atoms with Crippen LogP contribution in [0.5, 0.6) is 0 Å². The number of carbonyl (C=O) groups excluding carboxylic acids is 3. The summed E-state index contributed by atoms with van der Waals surface area (Å²) < 4.78 is 0. The van der Waals surface area contributed by atoms with Crippen LogP contribution in [-0.4, -0.2) is 42.3 Å². The molecule has 0 unspecified atom stereocenters. The standard InChI is InChI=1S/C17H21N3O3/c1-13(21)19-15-7-4-14(5-8-15)6-9-16(22)18-12-17(23)20-10-2-3-11-20/h4-9H,2-3,10-12H2,1H3,(H,18,22)(H,19,21)/b9-6+. The lowest BCUT2D eigenvalue weighted by atomic mass is 10.2. The van der Waals surface area contributed by atoms with Gasteiger partial charge in [0.1, 0.15) is 0 Å². The summed E-state index contributed by atoms with van der Waals surface area (Å²) in [6, 6.07) is 7.11. The Bertz CT molecular complexity index is 602. The zero-order chi connectivity index (χ0) is 16.7. The molecule has 0 saturated carbocycles. The van der Waals surface area contributed by atoms with E-state index in [-0.39, 0.29) is 24.3 Å². The Kier molecular flexibility index (Phi) is 5.91. The number of benzene rings is 1. The maximum Gasteiger partial charge on any atom is 0.244 e. The van der Waals surface area contributed by atoms with Crippen LogP contribution in [0.25, 0.3) is 6.08 Å². The van der Waals surface area contributed by atoms with Crippen molar-refractivity contribution in [1.82, 2.24) is 10.2 Å². The highest BCUT2D eigenvalue weighted by Crippen LogP contribution is 2.10. The molecule has 0 aromatic heterocycles. The number of hydrogen-bond acceptors (Lipinski definition) is 3. The van der Waals surface area contributed by atoms with Crippen LogP contribution in [0.3, 0.4) is 0 Å². The summed E-state index contributed by atoms with van der Waals surface area (Å²) in [4.78, 5) is 36.2. The topological polar surface area (TPSA) is 78.5 Å². The molecule has 0 aliphatic carbocycles. The summed E-state index contributed by atoms with van der Waals surface area (Å²) >= 11 is 0. The number of rotatable bonds is 5. The lowest BCUT2D eigenvalue weighted by Gasteiger charge is -2.14. The fourth-order valence-electron chi connectivity index (χ4n) is 2.35. The maximum atomic E-state index is 11.8. The summed E-state index contributed by atoms with van der Waals surface area (Å²) in [5.74, 6) is -0.470. The van der Waals surface area contributed by atoms with Gasteiger partial charge in [0.25, 0.3) is 0 Å². The van der Waals surface area contributed by atoms with E-state index < -0.39 is 0 Å². The Labute approximate surface area is 135 Å². The molecule has 1 fully saturated rings. The number of anilines is 1. The first-order valence-corrected chi connectivity index (χ1v) is 7.66. The summed E-state index contributed by atoms with van der Waals surface area (Å²) in [6.45, 7) is 3.04. The third kappa shape index (κ3) is 5.58. The molecule has 0 radical (unpaired) electrons. The smallest absolute Gasteiger partial charge is 0.244 e. The van der Waals surface area contributed by atoms with E-state index in [0.717, 1.165) is 31.5 Å². The van der Waals surface area contributed by atoms with E-state index in [1.165, 1.54) is 13.0 Å². The summed E-state index contributed by atoms with van der Waals surface area (Å²) in [6.07, 6.45) is 5.13. The zero-order valence-corrected chi connectivity index (χ0v) is 13.2. The second-order valence-electron chi connectivity index (χ2n) is 5.44. The van der Waals surface area contributed by atoms with Crippen LogP contribution in [0, 0.1) is 0 Å². The van der Waals surface area contributed by atoms with Crippen molar-refractivity contribution in [1.29, 1.82) is 0 Å². The summed E-state index contributed by atoms with van der Waals surface area (Å²) in [7, 11) is 0. The largest absolute Gasteiger partial charge is 0.343 e. The first-order valence-electron chi connectivity index (χ1n) is 7.66. The molecule has 122 valence electrons. The highest BCUT2D eigenvalue weighted by molar-refractivity contribution is 5.94. The van der Waals surface area contributed by atoms with E-state index in [4.69, 9.17) is 0 Å². The molecule has 0 atom stereocenters. The van der Waals surface area contributed by atoms with Gasteiger partial charge >= 0.3 is 0 Å². The fourth-order valence-corrected chi connectivity index (χ4v) is 2.35. The molecular weight excluding hydrogens is 294 g/mol. The SMILES string of the molecule is CC(=O)Nc1ccc(/C=C/C(=O)NCC(=O)N2CCCC2)cc1. The molecule has 6 heteroatoms. The van der Waals surface area contributed by atoms with Crippen molar-refractivity contribution < 1.29 is 14.4 Å². The van der Waals surface area contributed by atoms with E-state index in [9.17, 15) is 14.4 Å². The van der Waals surface area contributed by atoms with Crippen LogP contribution in [0.15, 0.2) is 30.3 Å². The van der Waals surface area contributed by atoms with Gasteiger partial charge in [0.05, 0.1) is 6.54 Å². The van der Waals surface area contributed by atoms with Crippen molar-refractivity contribution in [2.75, 3.05) is 25.0 Å². The van der Waals surface area contributed by atoms with Gasteiger partial charge in [-0.2, -0.15) is 0 Å². The van der Waals surface area contributed by atoms with Crippen molar-refractivity contribution >= 4 is 29.5 Å². The van der Waals surface area contributed by atoms with Crippen molar-refractivity contribution in [3.8, 4) is 0 Å². The van der Waals surface area contributed by atoms with Gasteiger partial charge in [-0.05, 0) is 36.6 Å². The highest BCUT2D eigenvalue weighted by atomic mass is 16.2. The molecule has 1 aliphatic heterocycles. The van der Waals surface area contributed by atoms with Gasteiger partial charge in [0, 0.05) is 31.8 Å². The minimum absolute atomic E-state index is 0.0324. The Morgan fingerprint density at radius 3 is 2.39 bits per heavy atom. The van der Waals surface area contributed by atoms with Gasteiger partial charge < -0.3 is 15.5 Å². The zero-order valence-electron chi connectivity index (χ0n) is 13.2. The molecule has 2 rings (SSSR count). The number of nitrogens with zero attached hydrogens (tertiary/aromatic N) is 1. The predicted molar refractivity (Wildman–Crippen MR) is 88.6 cm³/mol. The van der Waals surface area contributed by atoms with Gasteiger partial charge in [-0.15, -0.1) is 0 Å². The predicted octanol–water partition coefficient (Wildman–Crippen LogP) is 1.40. The molecule has 0 bridgehead atoms. The minimum atomic E-state index is -0.302. The highest BCUT2D eigenvalue weighted by Gasteiger charge is 2.17. The van der Waals surface area contributed by atoms with Crippen LogP contribution in [-0.2, 0) is 14.4 Å². The average molecular weight is 315 g/mol. The van der Waals surface area contributed by atoms with Crippen LogP contribution < -0.4 is 10.6 Å². The molecule has 23 heavy (non-hydrogen) atoms. The Morgan fingerprint density at radius 1 is 1.13 bits per heavy atom. The lowest BCUT2D eigenvalue weighted by molar-refractivity contribution is -0.131. The molecule has 1 aromatic rings. The normalized spacial score (nSPS) is 14.0. The van der Waals surface area contributed by atoms with Crippen molar-refractivity contribution in [3.05, 3.63) is 35.9 Å². The minimum Gasteiger partial charge on any atom is -0.343 e. The molecule has 2 N–H and O–H groups in total. The van der Waals surface area contributed by atoms with Gasteiger partial charge in [0.2, 0.25) is 17.7 Å². The molecule has 6 nitrogen and oxygen atoms in total. The molecule has 3 amide bonds. The molecule has 1 heterocycles. The molecule has 1 saturated heterocycles. The van der Waals surface area contributed by atoms with Gasteiger partial charge in [-0.3, -0.25) is 14.4 Å². The number of likely N-dealkylation sites (tertiary alicyclic amines) is 1. The fraction of sp³-hybridized carbons (Fsp3) is 0.353. The summed E-state index contributed by atoms with van der Waals surface area (Å²) in [5.41, 5.74) is 1.54. The average Bonchev–Trinajstić information content (AvgIpc) is 3.06. The molecule has 1 aromatic carbocycles. The van der Waals surface area contributed by atoms with Crippen LogP contribution in [0.2, 0.25) is 0 Å². The van der Waals surface area contributed by atoms with E-state index in [0.29, 0.717) is 5.69 Å². The third-order valence-corrected chi connectivity index (χ3v) is 3.53. The number of hydrogen-bond donors (Lipinski definition) is 2. The Balaban J connectivity index is 1.78. The third-order valence-electron chi connectivity index (χ3n) is 3.53. The maximum absolute atomic E-state index is 11.8. The van der Waals surface area contributed by atoms with E-state index in [1.807, 2.05) is 0 Å². The van der Waals surface area contributed by atoms with E-state index in [1.54, 1.807) is 35.2 Å². The van der Waals surface area contributed by atoms with Gasteiger partial charge in [-0.25, -0.2) is 0 Å². The number of nitrogens with one attached hydrogen (secondary N) is 2. The van der Waals surface area contributed by atoms with Crippen LogP contribution in [0.1, 0.15) is 25.3 Å². The first kappa shape index (κ1) is 16.7. The first-order chi connectivity index (χ1) is 11.0. The second-order valence-corrected chi connectivity index (χ2v) is 5.44. The van der Waals surface area contributed by atoms with Crippen molar-refractivity contribution in [3.63, 3.8) is 0 Å². The number of amides is 3. The van der Waals surface area contributed by atoms with Gasteiger partial charge in [-0.1, -0.05) is 12.1 Å².